The molecule has 1 amide bonds. The molecule has 0 saturated carbocycles. The van der Waals surface area contributed by atoms with E-state index < -0.39 is 48.0 Å². The lowest BCUT2D eigenvalue weighted by Gasteiger charge is -2.25. The quantitative estimate of drug-likeness (QED) is 0.360. The van der Waals surface area contributed by atoms with Gasteiger partial charge in [-0.2, -0.15) is 26.3 Å². The number of carbonyl (C=O) groups is 2. The maximum Gasteiger partial charge on any atom is 0.437 e. The van der Waals surface area contributed by atoms with Crippen molar-refractivity contribution < 1.29 is 45.5 Å². The lowest BCUT2D eigenvalue weighted by molar-refractivity contribution is -0.210. The molecule has 8 nitrogen and oxygen atoms in total. The number of anilines is 1. The van der Waals surface area contributed by atoms with E-state index in [9.17, 15) is 41.0 Å². The third-order valence-corrected chi connectivity index (χ3v) is 6.02. The van der Waals surface area contributed by atoms with E-state index in [1.54, 1.807) is 23.1 Å². The first-order chi connectivity index (χ1) is 18.3. The maximum atomic E-state index is 13.6. The van der Waals surface area contributed by atoms with Crippen molar-refractivity contribution in [2.24, 2.45) is 0 Å². The van der Waals surface area contributed by atoms with Gasteiger partial charge in [-0.05, 0) is 30.2 Å². The maximum absolute atomic E-state index is 13.6. The molecule has 1 aromatic carbocycles. The van der Waals surface area contributed by atoms with E-state index >= 15 is 0 Å². The summed E-state index contributed by atoms with van der Waals surface area (Å²) in [5.74, 6) is -3.22. The number of aliphatic hydroxyl groups excluding tert-OH is 1. The average Bonchev–Trinajstić information content (AvgIpc) is 3.22. The molecule has 208 valence electrons. The normalized spacial score (nSPS) is 15.7. The highest BCUT2D eigenvalue weighted by Gasteiger charge is 2.45. The van der Waals surface area contributed by atoms with Crippen LogP contribution in [0.3, 0.4) is 0 Å². The highest BCUT2D eigenvalue weighted by atomic mass is 19.4. The van der Waals surface area contributed by atoms with Crippen LogP contribution in [0.15, 0.2) is 53.1 Å². The van der Waals surface area contributed by atoms with Crippen LogP contribution < -0.4 is 4.90 Å². The molecule has 0 radical (unpaired) electrons. The Bertz CT molecular complexity index is 1310. The van der Waals surface area contributed by atoms with Crippen LogP contribution in [0.4, 0.5) is 32.2 Å². The van der Waals surface area contributed by atoms with E-state index in [-0.39, 0.29) is 31.1 Å². The number of halogens is 6. The molecule has 1 N–H and O–H groups in total. The molecule has 0 bridgehead atoms. The SMILES string of the molecule is O=C(Cc1ccc(N2CCCN(C(=O)C(O)C(F)(F)F)CC2)nc1)c1oc(-c2ccccc2)nc1C(F)(F)F. The van der Waals surface area contributed by atoms with Crippen LogP contribution in [0.1, 0.15) is 28.2 Å². The molecule has 1 saturated heterocycles. The number of amides is 1. The predicted octanol–water partition coefficient (Wildman–Crippen LogP) is 4.14. The number of ketones is 1. The predicted molar refractivity (Wildman–Crippen MR) is 125 cm³/mol. The summed E-state index contributed by atoms with van der Waals surface area (Å²) in [5, 5.41) is 9.24. The Hall–Kier alpha value is -3.94. The number of hydrogen-bond acceptors (Lipinski definition) is 7. The van der Waals surface area contributed by atoms with Crippen LogP contribution in [0.2, 0.25) is 0 Å². The molecule has 0 spiro atoms. The number of nitrogens with zero attached hydrogens (tertiary/aromatic N) is 4. The van der Waals surface area contributed by atoms with E-state index in [0.29, 0.717) is 24.3 Å². The van der Waals surface area contributed by atoms with Crippen molar-refractivity contribution in [3.8, 4) is 11.5 Å². The van der Waals surface area contributed by atoms with Crippen LogP contribution in [0.5, 0.6) is 0 Å². The third kappa shape index (κ3) is 6.56. The smallest absolute Gasteiger partial charge is 0.432 e. The van der Waals surface area contributed by atoms with Crippen molar-refractivity contribution in [1.29, 1.82) is 0 Å². The fourth-order valence-corrected chi connectivity index (χ4v) is 4.06. The molecule has 0 aliphatic carbocycles. The van der Waals surface area contributed by atoms with Gasteiger partial charge in [0.15, 0.2) is 5.69 Å². The average molecular weight is 556 g/mol. The van der Waals surface area contributed by atoms with Crippen LogP contribution in [-0.2, 0) is 17.4 Å². The van der Waals surface area contributed by atoms with Crippen molar-refractivity contribution in [2.45, 2.75) is 31.3 Å². The summed E-state index contributed by atoms with van der Waals surface area (Å²) in [6, 6.07) is 10.9. The van der Waals surface area contributed by atoms with Gasteiger partial charge in [0.2, 0.25) is 23.5 Å². The zero-order valence-corrected chi connectivity index (χ0v) is 20.2. The number of carbonyl (C=O) groups excluding carboxylic acids is 2. The summed E-state index contributed by atoms with van der Waals surface area (Å²) in [5.41, 5.74) is -0.844. The molecule has 1 fully saturated rings. The summed E-state index contributed by atoms with van der Waals surface area (Å²) < 4.78 is 84.0. The van der Waals surface area contributed by atoms with Gasteiger partial charge in [-0.25, -0.2) is 9.97 Å². The molecule has 4 rings (SSSR count). The van der Waals surface area contributed by atoms with Gasteiger partial charge in [0, 0.05) is 44.4 Å². The lowest BCUT2D eigenvalue weighted by Crippen LogP contribution is -2.47. The summed E-state index contributed by atoms with van der Waals surface area (Å²) in [6.45, 7) is 0.422. The molecule has 1 aliphatic rings. The highest BCUT2D eigenvalue weighted by molar-refractivity contribution is 5.96. The summed E-state index contributed by atoms with van der Waals surface area (Å²) >= 11 is 0. The molecule has 14 heteroatoms. The molecular formula is C25H22F6N4O4. The van der Waals surface area contributed by atoms with Gasteiger partial charge in [-0.1, -0.05) is 24.3 Å². The van der Waals surface area contributed by atoms with Crippen molar-refractivity contribution in [2.75, 3.05) is 31.1 Å². The van der Waals surface area contributed by atoms with Gasteiger partial charge in [0.1, 0.15) is 5.82 Å². The standard InChI is InChI=1S/C25H22F6N4O4/c26-24(27,28)20-19(39-22(33-20)16-5-2-1-3-6-16)17(36)13-15-7-8-18(32-14-15)34-9-4-10-35(12-11-34)23(38)21(37)25(29,30)31/h1-3,5-8,14,21,37H,4,9-13H2. The van der Waals surface area contributed by atoms with Gasteiger partial charge in [-0.3, -0.25) is 9.59 Å². The largest absolute Gasteiger partial charge is 0.437 e. The van der Waals surface area contributed by atoms with E-state index in [2.05, 4.69) is 9.97 Å². The van der Waals surface area contributed by atoms with Crippen LogP contribution in [0.25, 0.3) is 11.5 Å². The molecule has 1 aliphatic heterocycles. The first-order valence-electron chi connectivity index (χ1n) is 11.7. The van der Waals surface area contributed by atoms with Crippen LogP contribution in [-0.4, -0.2) is 70.1 Å². The minimum atomic E-state index is -5.06. The molecule has 1 unspecified atom stereocenters. The first-order valence-corrected chi connectivity index (χ1v) is 11.7. The number of oxazole rings is 1. The molecular weight excluding hydrogens is 534 g/mol. The number of aliphatic hydroxyl groups is 1. The Labute approximate surface area is 217 Å². The van der Waals surface area contributed by atoms with Crippen molar-refractivity contribution >= 4 is 17.5 Å². The Morgan fingerprint density at radius 1 is 0.974 bits per heavy atom. The number of aromatic nitrogens is 2. The number of hydrogen-bond donors (Lipinski definition) is 1. The van der Waals surface area contributed by atoms with Gasteiger partial charge in [-0.15, -0.1) is 0 Å². The summed E-state index contributed by atoms with van der Waals surface area (Å²) in [4.78, 5) is 35.1. The van der Waals surface area contributed by atoms with Crippen molar-refractivity contribution in [3.05, 3.63) is 65.7 Å². The first kappa shape index (κ1) is 28.1. The Kier molecular flexibility index (Phi) is 7.95. The molecule has 2 aromatic heterocycles. The topological polar surface area (TPSA) is 99.8 Å². The minimum absolute atomic E-state index is 0.0126. The van der Waals surface area contributed by atoms with Crippen molar-refractivity contribution in [3.63, 3.8) is 0 Å². The third-order valence-electron chi connectivity index (χ3n) is 6.02. The van der Waals surface area contributed by atoms with Gasteiger partial charge in [0.05, 0.1) is 0 Å². The van der Waals surface area contributed by atoms with Crippen LogP contribution >= 0.6 is 0 Å². The Balaban J connectivity index is 1.44. The van der Waals surface area contributed by atoms with Gasteiger partial charge < -0.3 is 19.3 Å². The Morgan fingerprint density at radius 2 is 1.69 bits per heavy atom. The fourth-order valence-electron chi connectivity index (χ4n) is 4.06. The van der Waals surface area contributed by atoms with Crippen molar-refractivity contribution in [1.82, 2.24) is 14.9 Å². The van der Waals surface area contributed by atoms with Crippen LogP contribution in [0, 0.1) is 0 Å². The molecule has 3 heterocycles. The number of rotatable bonds is 6. The number of pyridine rings is 1. The second-order valence-corrected chi connectivity index (χ2v) is 8.80. The number of Topliss-reactive ketones (excluding diaryl/α,β-unsaturated/α-hetero) is 1. The van der Waals surface area contributed by atoms with E-state index in [4.69, 9.17) is 4.42 Å². The highest BCUT2D eigenvalue weighted by Crippen LogP contribution is 2.35. The van der Waals surface area contributed by atoms with E-state index in [1.807, 2.05) is 0 Å². The molecule has 39 heavy (non-hydrogen) atoms. The second kappa shape index (κ2) is 11.0. The second-order valence-electron chi connectivity index (χ2n) is 8.80. The Morgan fingerprint density at radius 3 is 2.31 bits per heavy atom. The summed E-state index contributed by atoms with van der Waals surface area (Å²) in [6.07, 6.45) is -11.9. The minimum Gasteiger partial charge on any atom is -0.432 e. The van der Waals surface area contributed by atoms with E-state index in [1.165, 1.54) is 30.5 Å². The fraction of sp³-hybridized carbons (Fsp3) is 0.360. The number of alkyl halides is 6. The van der Waals surface area contributed by atoms with Gasteiger partial charge >= 0.3 is 12.4 Å². The zero-order valence-electron chi connectivity index (χ0n) is 20.2. The summed E-state index contributed by atoms with van der Waals surface area (Å²) in [7, 11) is 0. The number of benzene rings is 1. The lowest BCUT2D eigenvalue weighted by atomic mass is 10.1. The zero-order chi connectivity index (χ0) is 28.4. The monoisotopic (exact) mass is 556 g/mol. The molecule has 1 atom stereocenters. The van der Waals surface area contributed by atoms with Gasteiger partial charge in [0.25, 0.3) is 5.91 Å². The molecule has 3 aromatic rings. The van der Waals surface area contributed by atoms with E-state index in [0.717, 1.165) is 4.90 Å².